The van der Waals surface area contributed by atoms with Crippen molar-refractivity contribution >= 4 is 16.9 Å². The molecule has 0 saturated carbocycles. The first-order valence-corrected chi connectivity index (χ1v) is 7.97. The van der Waals surface area contributed by atoms with Crippen molar-refractivity contribution < 1.29 is 9.53 Å². The van der Waals surface area contributed by atoms with Gasteiger partial charge >= 0.3 is 0 Å². The third kappa shape index (κ3) is 3.65. The highest BCUT2D eigenvalue weighted by atomic mass is 16.5. The number of hydrogen-bond acceptors (Lipinski definition) is 3. The van der Waals surface area contributed by atoms with Gasteiger partial charge in [0.15, 0.2) is 0 Å². The zero-order valence-corrected chi connectivity index (χ0v) is 13.0. The molecule has 0 spiro atoms. The van der Waals surface area contributed by atoms with E-state index < -0.39 is 0 Å². The van der Waals surface area contributed by atoms with Crippen molar-refractivity contribution in [3.63, 3.8) is 0 Å². The lowest BCUT2D eigenvalue weighted by Crippen LogP contribution is -2.32. The third-order valence-corrected chi connectivity index (χ3v) is 4.27. The van der Waals surface area contributed by atoms with Crippen LogP contribution in [0.4, 0.5) is 0 Å². The Morgan fingerprint density at radius 2 is 2.32 bits per heavy atom. The molecule has 1 atom stereocenters. The van der Waals surface area contributed by atoms with Crippen LogP contribution in [0.25, 0.3) is 11.0 Å². The van der Waals surface area contributed by atoms with Gasteiger partial charge in [-0.1, -0.05) is 12.1 Å². The maximum absolute atomic E-state index is 12.2. The molecule has 118 valence electrons. The van der Waals surface area contributed by atoms with Crippen LogP contribution in [0.1, 0.15) is 25.1 Å². The molecule has 0 bridgehead atoms. The fourth-order valence-corrected chi connectivity index (χ4v) is 2.89. The van der Waals surface area contributed by atoms with Crippen molar-refractivity contribution in [3.05, 3.63) is 30.1 Å². The number of ether oxygens (including phenoxy) is 1. The highest BCUT2D eigenvalue weighted by Gasteiger charge is 2.19. The molecule has 1 N–H and O–H groups in total. The van der Waals surface area contributed by atoms with Gasteiger partial charge in [0.1, 0.15) is 5.82 Å². The molecule has 1 aromatic heterocycles. The number of amides is 1. The zero-order chi connectivity index (χ0) is 15.4. The third-order valence-electron chi connectivity index (χ3n) is 4.27. The summed E-state index contributed by atoms with van der Waals surface area (Å²) in [5.41, 5.74) is 2.02. The van der Waals surface area contributed by atoms with Gasteiger partial charge in [0.2, 0.25) is 5.91 Å². The second kappa shape index (κ2) is 6.92. The Balaban J connectivity index is 1.50. The molecule has 1 amide bonds. The number of fused-ring (bicyclic) bond motifs is 1. The molecule has 1 saturated heterocycles. The fourth-order valence-electron chi connectivity index (χ4n) is 2.89. The largest absolute Gasteiger partial charge is 0.381 e. The highest BCUT2D eigenvalue weighted by Crippen LogP contribution is 2.18. The lowest BCUT2D eigenvalue weighted by atomic mass is 9.98. The van der Waals surface area contributed by atoms with Gasteiger partial charge in [0.05, 0.1) is 11.0 Å². The average Bonchev–Trinajstić information content (AvgIpc) is 2.96. The summed E-state index contributed by atoms with van der Waals surface area (Å²) in [7, 11) is 1.87. The molecule has 1 aliphatic rings. The average molecular weight is 301 g/mol. The van der Waals surface area contributed by atoms with E-state index >= 15 is 0 Å². The second-order valence-corrected chi connectivity index (χ2v) is 6.05. The summed E-state index contributed by atoms with van der Waals surface area (Å²) in [6.45, 7) is 2.25. The number of imidazole rings is 1. The molecule has 1 aromatic carbocycles. The van der Waals surface area contributed by atoms with Crippen LogP contribution in [0.5, 0.6) is 0 Å². The molecule has 2 aromatic rings. The van der Waals surface area contributed by atoms with Crippen LogP contribution >= 0.6 is 0 Å². The topological polar surface area (TPSA) is 58.2 Å². The molecule has 0 aliphatic carbocycles. The quantitative estimate of drug-likeness (QED) is 0.922. The first kappa shape index (κ1) is 15.0. The van der Waals surface area contributed by atoms with Crippen molar-refractivity contribution in [1.29, 1.82) is 0 Å². The van der Waals surface area contributed by atoms with E-state index in [-0.39, 0.29) is 5.91 Å². The Hall–Kier alpha value is -1.88. The number of benzene rings is 1. The number of carbonyl (C=O) groups excluding carboxylic acids is 1. The Morgan fingerprint density at radius 1 is 1.45 bits per heavy atom. The van der Waals surface area contributed by atoms with Crippen LogP contribution in [0.15, 0.2) is 24.3 Å². The van der Waals surface area contributed by atoms with Crippen molar-refractivity contribution in [2.24, 2.45) is 5.92 Å². The number of likely N-dealkylation sites (N-methyl/N-ethyl adjacent to an activating group) is 1. The summed E-state index contributed by atoms with van der Waals surface area (Å²) in [5, 5.41) is 0. The lowest BCUT2D eigenvalue weighted by molar-refractivity contribution is -0.132. The van der Waals surface area contributed by atoms with Gasteiger partial charge < -0.3 is 14.6 Å². The van der Waals surface area contributed by atoms with Crippen molar-refractivity contribution in [2.75, 3.05) is 26.8 Å². The molecule has 1 fully saturated rings. The smallest absolute Gasteiger partial charge is 0.222 e. The molecular formula is C17H23N3O2. The monoisotopic (exact) mass is 301 g/mol. The predicted octanol–water partition coefficient (Wildman–Crippen LogP) is 2.38. The summed E-state index contributed by atoms with van der Waals surface area (Å²) in [6, 6.07) is 7.98. The Bertz CT molecular complexity index is 599. The summed E-state index contributed by atoms with van der Waals surface area (Å²) in [4.78, 5) is 21.9. The van der Waals surface area contributed by atoms with Gasteiger partial charge in [-0.25, -0.2) is 4.98 Å². The summed E-state index contributed by atoms with van der Waals surface area (Å²) >= 11 is 0. The molecule has 5 nitrogen and oxygen atoms in total. The minimum absolute atomic E-state index is 0.201. The normalized spacial score (nSPS) is 18.5. The van der Waals surface area contributed by atoms with Crippen LogP contribution in [0.3, 0.4) is 0 Å². The number of H-pyrrole nitrogens is 1. The first-order valence-electron chi connectivity index (χ1n) is 7.97. The van der Waals surface area contributed by atoms with Gasteiger partial charge in [-0.05, 0) is 30.9 Å². The summed E-state index contributed by atoms with van der Waals surface area (Å²) in [5.74, 6) is 1.52. The predicted molar refractivity (Wildman–Crippen MR) is 85.6 cm³/mol. The van der Waals surface area contributed by atoms with Gasteiger partial charge in [-0.2, -0.15) is 0 Å². The van der Waals surface area contributed by atoms with Gasteiger partial charge in [-0.3, -0.25) is 4.79 Å². The van der Waals surface area contributed by atoms with E-state index in [9.17, 15) is 4.79 Å². The molecular weight excluding hydrogens is 278 g/mol. The molecule has 2 heterocycles. The SMILES string of the molecule is CN(CCc1nc2ccccc2[nH]1)C(=O)C[C@H]1CCCOC1. The molecule has 5 heteroatoms. The van der Waals surface area contributed by atoms with Gasteiger partial charge in [0, 0.05) is 39.6 Å². The van der Waals surface area contributed by atoms with Crippen LogP contribution in [0, 0.1) is 5.92 Å². The standard InChI is InChI=1S/C17H23N3O2/c1-20(17(21)11-13-5-4-10-22-12-13)9-8-16-18-14-6-2-3-7-15(14)19-16/h2-3,6-7,13H,4-5,8-12H2,1H3,(H,18,19)/t13-/m1/s1. The summed E-state index contributed by atoms with van der Waals surface area (Å²) in [6.07, 6.45) is 3.51. The van der Waals surface area contributed by atoms with Gasteiger partial charge in [0.25, 0.3) is 0 Å². The Labute approximate surface area is 130 Å². The number of aromatic amines is 1. The minimum Gasteiger partial charge on any atom is -0.381 e. The van der Waals surface area contributed by atoms with E-state index in [1.807, 2.05) is 36.2 Å². The van der Waals surface area contributed by atoms with E-state index in [1.54, 1.807) is 0 Å². The maximum atomic E-state index is 12.2. The first-order chi connectivity index (χ1) is 10.7. The zero-order valence-electron chi connectivity index (χ0n) is 13.0. The number of aromatic nitrogens is 2. The van der Waals surface area contributed by atoms with E-state index in [1.165, 1.54) is 0 Å². The highest BCUT2D eigenvalue weighted by molar-refractivity contribution is 5.76. The number of para-hydroxylation sites is 2. The molecule has 1 aliphatic heterocycles. The van der Waals surface area contributed by atoms with E-state index in [4.69, 9.17) is 4.74 Å². The fraction of sp³-hybridized carbons (Fsp3) is 0.529. The molecule has 0 radical (unpaired) electrons. The molecule has 3 rings (SSSR count). The molecule has 0 unspecified atom stereocenters. The van der Waals surface area contributed by atoms with Crippen molar-refractivity contribution in [2.45, 2.75) is 25.7 Å². The Morgan fingerprint density at radius 3 is 3.09 bits per heavy atom. The molecule has 22 heavy (non-hydrogen) atoms. The maximum Gasteiger partial charge on any atom is 0.222 e. The minimum atomic E-state index is 0.201. The number of nitrogens with one attached hydrogen (secondary N) is 1. The van der Waals surface area contributed by atoms with E-state index in [0.717, 1.165) is 49.3 Å². The van der Waals surface area contributed by atoms with E-state index in [2.05, 4.69) is 9.97 Å². The van der Waals surface area contributed by atoms with Crippen LogP contribution in [-0.2, 0) is 16.0 Å². The Kier molecular flexibility index (Phi) is 4.73. The summed E-state index contributed by atoms with van der Waals surface area (Å²) < 4.78 is 5.44. The van der Waals surface area contributed by atoms with Crippen LogP contribution in [0.2, 0.25) is 0 Å². The lowest BCUT2D eigenvalue weighted by Gasteiger charge is -2.24. The number of hydrogen-bond donors (Lipinski definition) is 1. The van der Waals surface area contributed by atoms with Gasteiger partial charge in [-0.15, -0.1) is 0 Å². The number of rotatable bonds is 5. The number of carbonyl (C=O) groups is 1. The van der Waals surface area contributed by atoms with Crippen molar-refractivity contribution in [1.82, 2.24) is 14.9 Å². The van der Waals surface area contributed by atoms with E-state index in [0.29, 0.717) is 18.9 Å². The van der Waals surface area contributed by atoms with Crippen LogP contribution in [-0.4, -0.2) is 47.6 Å². The second-order valence-electron chi connectivity index (χ2n) is 6.05. The van der Waals surface area contributed by atoms with Crippen LogP contribution < -0.4 is 0 Å². The number of nitrogens with zero attached hydrogens (tertiary/aromatic N) is 2. The van der Waals surface area contributed by atoms with Crippen molar-refractivity contribution in [3.8, 4) is 0 Å².